The summed E-state index contributed by atoms with van der Waals surface area (Å²) in [7, 11) is 3.31. The molecule has 0 atom stereocenters. The predicted molar refractivity (Wildman–Crippen MR) is 85.0 cm³/mol. The van der Waals surface area contributed by atoms with Gasteiger partial charge in [0.25, 0.3) is 0 Å². The Balaban J connectivity index is 2.28. The maximum absolute atomic E-state index is 11.7. The van der Waals surface area contributed by atoms with E-state index >= 15 is 0 Å². The van der Waals surface area contributed by atoms with Crippen molar-refractivity contribution < 1.29 is 9.59 Å². The Hall–Kier alpha value is -1.50. The van der Waals surface area contributed by atoms with Gasteiger partial charge in [-0.1, -0.05) is 29.3 Å². The highest BCUT2D eigenvalue weighted by atomic mass is 35.5. The first kappa shape index (κ1) is 17.6. The van der Waals surface area contributed by atoms with Crippen molar-refractivity contribution in [2.45, 2.75) is 0 Å². The number of amides is 3. The Labute approximate surface area is 133 Å². The fourth-order valence-corrected chi connectivity index (χ4v) is 1.91. The fraction of sp³-hybridized carbons (Fsp3) is 0.385. The third-order valence-corrected chi connectivity index (χ3v) is 3.13. The third-order valence-electron chi connectivity index (χ3n) is 2.50. The summed E-state index contributed by atoms with van der Waals surface area (Å²) in [5, 5.41) is 8.98. The maximum atomic E-state index is 11.7. The largest absolute Gasteiger partial charge is 0.337 e. The summed E-state index contributed by atoms with van der Waals surface area (Å²) < 4.78 is 0. The van der Waals surface area contributed by atoms with E-state index in [9.17, 15) is 9.59 Å². The second-order valence-electron chi connectivity index (χ2n) is 4.45. The number of hydrogen-bond donors (Lipinski definition) is 3. The highest BCUT2D eigenvalue weighted by Gasteiger charge is 2.09. The van der Waals surface area contributed by atoms with Gasteiger partial charge in [-0.3, -0.25) is 4.79 Å². The summed E-state index contributed by atoms with van der Waals surface area (Å²) in [5.74, 6) is -0.260. The van der Waals surface area contributed by atoms with Crippen molar-refractivity contribution in [3.8, 4) is 0 Å². The standard InChI is InChI=1S/C13H18Cl2N4O2/c1-19(2)13(21)17-7-6-16-8-11(20)18-12-9(14)4-3-5-10(12)15/h3-5,16H,6-8H2,1-2H3,(H,17,21)(H,18,20). The van der Waals surface area contributed by atoms with Crippen LogP contribution in [-0.4, -0.2) is 50.6 Å². The van der Waals surface area contributed by atoms with Gasteiger partial charge < -0.3 is 20.9 Å². The van der Waals surface area contributed by atoms with Crippen LogP contribution in [0.3, 0.4) is 0 Å². The molecule has 0 bridgehead atoms. The minimum atomic E-state index is -0.260. The molecule has 3 amide bonds. The van der Waals surface area contributed by atoms with E-state index in [2.05, 4.69) is 16.0 Å². The zero-order valence-corrected chi connectivity index (χ0v) is 13.4. The highest BCUT2D eigenvalue weighted by molar-refractivity contribution is 6.39. The Bertz CT molecular complexity index is 489. The summed E-state index contributed by atoms with van der Waals surface area (Å²) in [6.45, 7) is 1.000. The molecule has 0 spiro atoms. The molecule has 0 aliphatic rings. The Morgan fingerprint density at radius 3 is 2.33 bits per heavy atom. The van der Waals surface area contributed by atoms with Gasteiger partial charge in [-0.2, -0.15) is 0 Å². The number of halogens is 2. The van der Waals surface area contributed by atoms with Gasteiger partial charge in [0, 0.05) is 27.2 Å². The zero-order valence-electron chi connectivity index (χ0n) is 11.9. The van der Waals surface area contributed by atoms with Crippen LogP contribution >= 0.6 is 23.2 Å². The van der Waals surface area contributed by atoms with Crippen LogP contribution in [0.25, 0.3) is 0 Å². The van der Waals surface area contributed by atoms with Crippen molar-refractivity contribution in [1.82, 2.24) is 15.5 Å². The van der Waals surface area contributed by atoms with Crippen LogP contribution in [-0.2, 0) is 4.79 Å². The van der Waals surface area contributed by atoms with Crippen molar-refractivity contribution in [2.75, 3.05) is 39.0 Å². The van der Waals surface area contributed by atoms with E-state index < -0.39 is 0 Å². The van der Waals surface area contributed by atoms with E-state index in [1.54, 1.807) is 32.3 Å². The van der Waals surface area contributed by atoms with Gasteiger partial charge in [-0.25, -0.2) is 4.79 Å². The van der Waals surface area contributed by atoms with Crippen molar-refractivity contribution in [1.29, 1.82) is 0 Å². The van der Waals surface area contributed by atoms with Gasteiger partial charge in [0.05, 0.1) is 22.3 Å². The number of rotatable bonds is 6. The van der Waals surface area contributed by atoms with Crippen molar-refractivity contribution in [3.63, 3.8) is 0 Å². The molecular formula is C13H18Cl2N4O2. The molecule has 0 heterocycles. The summed E-state index contributed by atoms with van der Waals surface area (Å²) in [5.41, 5.74) is 0.397. The molecule has 6 nitrogen and oxygen atoms in total. The van der Waals surface area contributed by atoms with E-state index in [-0.39, 0.29) is 18.5 Å². The predicted octanol–water partition coefficient (Wildman–Crippen LogP) is 1.79. The minimum Gasteiger partial charge on any atom is -0.337 e. The molecule has 3 N–H and O–H groups in total. The zero-order chi connectivity index (χ0) is 15.8. The lowest BCUT2D eigenvalue weighted by molar-refractivity contribution is -0.115. The molecule has 0 aliphatic carbocycles. The summed E-state index contributed by atoms with van der Waals surface area (Å²) in [4.78, 5) is 24.4. The lowest BCUT2D eigenvalue weighted by atomic mass is 10.3. The average molecular weight is 333 g/mol. The number of carbonyl (C=O) groups excluding carboxylic acids is 2. The van der Waals surface area contributed by atoms with Gasteiger partial charge in [0.15, 0.2) is 0 Å². The number of nitrogens with one attached hydrogen (secondary N) is 3. The molecule has 116 valence electrons. The molecule has 0 radical (unpaired) electrons. The van der Waals surface area contributed by atoms with Crippen molar-refractivity contribution in [2.24, 2.45) is 0 Å². The molecule has 0 saturated heterocycles. The van der Waals surface area contributed by atoms with Crippen LogP contribution in [0.4, 0.5) is 10.5 Å². The van der Waals surface area contributed by atoms with E-state index in [1.807, 2.05) is 0 Å². The Morgan fingerprint density at radius 2 is 1.76 bits per heavy atom. The number of carbonyl (C=O) groups is 2. The Morgan fingerprint density at radius 1 is 1.14 bits per heavy atom. The van der Waals surface area contributed by atoms with E-state index in [4.69, 9.17) is 23.2 Å². The summed E-state index contributed by atoms with van der Waals surface area (Å²) in [6.07, 6.45) is 0. The first-order valence-corrected chi connectivity index (χ1v) is 7.07. The minimum absolute atomic E-state index is 0.0966. The second kappa shape index (κ2) is 8.71. The first-order valence-electron chi connectivity index (χ1n) is 6.31. The number of urea groups is 1. The van der Waals surface area contributed by atoms with E-state index in [0.29, 0.717) is 28.8 Å². The van der Waals surface area contributed by atoms with Gasteiger partial charge in [-0.05, 0) is 12.1 Å². The van der Waals surface area contributed by atoms with Crippen LogP contribution < -0.4 is 16.0 Å². The quantitative estimate of drug-likeness (QED) is 0.695. The lowest BCUT2D eigenvalue weighted by Gasteiger charge is -2.12. The maximum Gasteiger partial charge on any atom is 0.316 e. The molecule has 1 aromatic carbocycles. The average Bonchev–Trinajstić information content (AvgIpc) is 2.42. The molecule has 0 unspecified atom stereocenters. The summed E-state index contributed by atoms with van der Waals surface area (Å²) in [6, 6.07) is 4.82. The molecule has 0 aliphatic heterocycles. The molecule has 1 rings (SSSR count). The van der Waals surface area contributed by atoms with E-state index in [0.717, 1.165) is 0 Å². The number of hydrogen-bond acceptors (Lipinski definition) is 3. The molecule has 0 fully saturated rings. The van der Waals surface area contributed by atoms with Gasteiger partial charge in [-0.15, -0.1) is 0 Å². The smallest absolute Gasteiger partial charge is 0.316 e. The second-order valence-corrected chi connectivity index (χ2v) is 5.26. The van der Waals surface area contributed by atoms with E-state index in [1.165, 1.54) is 4.90 Å². The summed E-state index contributed by atoms with van der Waals surface area (Å²) >= 11 is 11.9. The van der Waals surface area contributed by atoms with Gasteiger partial charge in [0.2, 0.25) is 5.91 Å². The molecule has 0 saturated carbocycles. The van der Waals surface area contributed by atoms with Crippen LogP contribution in [0.1, 0.15) is 0 Å². The normalized spacial score (nSPS) is 10.1. The Kier molecular flexibility index (Phi) is 7.28. The molecule has 1 aromatic rings. The van der Waals surface area contributed by atoms with Gasteiger partial charge >= 0.3 is 6.03 Å². The monoisotopic (exact) mass is 332 g/mol. The topological polar surface area (TPSA) is 73.5 Å². The van der Waals surface area contributed by atoms with Crippen LogP contribution in [0, 0.1) is 0 Å². The van der Waals surface area contributed by atoms with Crippen LogP contribution in [0.15, 0.2) is 18.2 Å². The number of para-hydroxylation sites is 1. The third kappa shape index (κ3) is 6.20. The van der Waals surface area contributed by atoms with Gasteiger partial charge in [0.1, 0.15) is 0 Å². The molecule has 0 aromatic heterocycles. The van der Waals surface area contributed by atoms with Crippen LogP contribution in [0.2, 0.25) is 10.0 Å². The highest BCUT2D eigenvalue weighted by Crippen LogP contribution is 2.29. The molecule has 8 heteroatoms. The van der Waals surface area contributed by atoms with Crippen molar-refractivity contribution in [3.05, 3.63) is 28.2 Å². The number of benzene rings is 1. The first-order chi connectivity index (χ1) is 9.91. The van der Waals surface area contributed by atoms with Crippen LogP contribution in [0.5, 0.6) is 0 Å². The number of nitrogens with zero attached hydrogens (tertiary/aromatic N) is 1. The number of anilines is 1. The molecule has 21 heavy (non-hydrogen) atoms. The fourth-order valence-electron chi connectivity index (χ4n) is 1.42. The van der Waals surface area contributed by atoms with Crippen molar-refractivity contribution >= 4 is 40.8 Å². The SMILES string of the molecule is CN(C)C(=O)NCCNCC(=O)Nc1c(Cl)cccc1Cl. The molecular weight excluding hydrogens is 315 g/mol. The lowest BCUT2D eigenvalue weighted by Crippen LogP contribution is -2.39.